The zero-order valence-corrected chi connectivity index (χ0v) is 19.6. The molecular weight excluding hydrogens is 444 g/mol. The van der Waals surface area contributed by atoms with Crippen LogP contribution in [-0.2, 0) is 4.79 Å². The molecule has 1 aliphatic rings. The van der Waals surface area contributed by atoms with E-state index in [1.54, 1.807) is 33.5 Å². The molecule has 0 saturated carbocycles. The molecule has 0 aliphatic carbocycles. The maximum absolute atomic E-state index is 12.7. The molecule has 0 radical (unpaired) electrons. The van der Waals surface area contributed by atoms with Crippen LogP contribution in [0.25, 0.3) is 11.5 Å². The number of rotatable bonds is 8. The number of carbonyl (C=O) groups is 1. The second-order valence-corrected chi connectivity index (χ2v) is 8.22. The second kappa shape index (κ2) is 10.5. The second-order valence-electron chi connectivity index (χ2n) is 7.30. The zero-order chi connectivity index (χ0) is 23.2. The third kappa shape index (κ3) is 5.33. The summed E-state index contributed by atoms with van der Waals surface area (Å²) in [7, 11) is 4.80. The first-order chi connectivity index (χ1) is 16.1. The normalized spacial score (nSPS) is 13.7. The monoisotopic (exact) mass is 470 g/mol. The lowest BCUT2D eigenvalue weighted by Crippen LogP contribution is -2.49. The molecule has 3 aromatic rings. The van der Waals surface area contributed by atoms with Gasteiger partial charge in [-0.15, -0.1) is 10.2 Å². The molecule has 9 nitrogen and oxygen atoms in total. The summed E-state index contributed by atoms with van der Waals surface area (Å²) < 4.78 is 21.5. The van der Waals surface area contributed by atoms with E-state index in [1.165, 1.54) is 11.8 Å². The molecule has 33 heavy (non-hydrogen) atoms. The minimum absolute atomic E-state index is 0.0558. The first-order valence-corrected chi connectivity index (χ1v) is 11.5. The third-order valence-corrected chi connectivity index (χ3v) is 6.23. The number of carbonyl (C=O) groups excluding carboxylic acids is 1. The minimum atomic E-state index is 0.0558. The number of ether oxygens (including phenoxy) is 3. The number of piperazine rings is 1. The van der Waals surface area contributed by atoms with Crippen LogP contribution in [0.2, 0.25) is 0 Å². The maximum atomic E-state index is 12.7. The van der Waals surface area contributed by atoms with Crippen molar-refractivity contribution in [3.05, 3.63) is 42.5 Å². The molecular formula is C23H26N4O5S. The van der Waals surface area contributed by atoms with Gasteiger partial charge in [0.2, 0.25) is 11.8 Å². The summed E-state index contributed by atoms with van der Waals surface area (Å²) in [6.45, 7) is 2.91. The van der Waals surface area contributed by atoms with Gasteiger partial charge in [-0.1, -0.05) is 11.8 Å². The summed E-state index contributed by atoms with van der Waals surface area (Å²) >= 11 is 1.24. The van der Waals surface area contributed by atoms with Crippen molar-refractivity contribution in [2.24, 2.45) is 0 Å². The molecule has 2 heterocycles. The van der Waals surface area contributed by atoms with E-state index in [1.807, 2.05) is 35.2 Å². The fraction of sp³-hybridized carbons (Fsp3) is 0.348. The Hall–Kier alpha value is -3.40. The van der Waals surface area contributed by atoms with Gasteiger partial charge >= 0.3 is 0 Å². The first kappa shape index (κ1) is 22.8. The van der Waals surface area contributed by atoms with Crippen LogP contribution < -0.4 is 19.1 Å². The number of amides is 1. The minimum Gasteiger partial charge on any atom is -0.497 e. The number of benzene rings is 2. The van der Waals surface area contributed by atoms with Gasteiger partial charge in [0, 0.05) is 37.4 Å². The fourth-order valence-electron chi connectivity index (χ4n) is 3.58. The highest BCUT2D eigenvalue weighted by Gasteiger charge is 2.22. The Balaban J connectivity index is 1.29. The summed E-state index contributed by atoms with van der Waals surface area (Å²) in [5, 5.41) is 8.50. The summed E-state index contributed by atoms with van der Waals surface area (Å²) in [5.41, 5.74) is 1.85. The Morgan fingerprint density at radius 3 is 2.33 bits per heavy atom. The number of thioether (sulfide) groups is 1. The van der Waals surface area contributed by atoms with Gasteiger partial charge in [0.15, 0.2) is 11.5 Å². The average Bonchev–Trinajstić information content (AvgIpc) is 3.36. The van der Waals surface area contributed by atoms with Crippen LogP contribution in [0.15, 0.2) is 52.1 Å². The molecule has 10 heteroatoms. The maximum Gasteiger partial charge on any atom is 0.277 e. The van der Waals surface area contributed by atoms with Crippen molar-refractivity contribution in [2.75, 3.05) is 58.2 Å². The molecule has 2 aromatic carbocycles. The smallest absolute Gasteiger partial charge is 0.277 e. The van der Waals surface area contributed by atoms with Crippen LogP contribution in [0.4, 0.5) is 5.69 Å². The van der Waals surface area contributed by atoms with Crippen molar-refractivity contribution >= 4 is 23.4 Å². The molecule has 1 aliphatic heterocycles. The van der Waals surface area contributed by atoms with Crippen molar-refractivity contribution in [1.82, 2.24) is 15.1 Å². The standard InChI is InChI=1S/C23H26N4O5S/c1-29-18-7-5-17(6-8-18)26-10-12-27(13-11-26)21(28)15-33-23-25-24-22(32-23)16-4-9-19(30-2)20(14-16)31-3/h4-9,14H,10-13,15H2,1-3H3. The zero-order valence-electron chi connectivity index (χ0n) is 18.8. The number of hydrogen-bond donors (Lipinski definition) is 0. The average molecular weight is 471 g/mol. The Labute approximate surface area is 196 Å². The number of aromatic nitrogens is 2. The predicted molar refractivity (Wildman–Crippen MR) is 125 cm³/mol. The summed E-state index contributed by atoms with van der Waals surface area (Å²) in [6, 6.07) is 13.3. The van der Waals surface area contributed by atoms with Gasteiger partial charge in [-0.3, -0.25) is 4.79 Å². The topological polar surface area (TPSA) is 90.2 Å². The van der Waals surface area contributed by atoms with Crippen LogP contribution in [-0.4, -0.2) is 74.3 Å². The Morgan fingerprint density at radius 2 is 1.67 bits per heavy atom. The highest BCUT2D eigenvalue weighted by molar-refractivity contribution is 7.99. The highest BCUT2D eigenvalue weighted by Crippen LogP contribution is 2.32. The molecule has 0 atom stereocenters. The van der Waals surface area contributed by atoms with E-state index in [-0.39, 0.29) is 11.7 Å². The Morgan fingerprint density at radius 1 is 0.939 bits per heavy atom. The van der Waals surface area contributed by atoms with E-state index in [9.17, 15) is 4.79 Å². The number of anilines is 1. The van der Waals surface area contributed by atoms with E-state index in [2.05, 4.69) is 15.1 Å². The molecule has 4 rings (SSSR count). The van der Waals surface area contributed by atoms with Gasteiger partial charge in [-0.05, 0) is 42.5 Å². The molecule has 1 amide bonds. The van der Waals surface area contributed by atoms with Crippen molar-refractivity contribution in [2.45, 2.75) is 5.22 Å². The number of hydrogen-bond acceptors (Lipinski definition) is 9. The van der Waals surface area contributed by atoms with Gasteiger partial charge in [0.25, 0.3) is 5.22 Å². The molecule has 0 N–H and O–H groups in total. The van der Waals surface area contributed by atoms with Gasteiger partial charge in [0.1, 0.15) is 5.75 Å². The summed E-state index contributed by atoms with van der Waals surface area (Å²) in [6.07, 6.45) is 0. The van der Waals surface area contributed by atoms with Crippen LogP contribution in [0.3, 0.4) is 0 Å². The van der Waals surface area contributed by atoms with Crippen molar-refractivity contribution in [3.8, 4) is 28.7 Å². The van der Waals surface area contributed by atoms with Crippen molar-refractivity contribution in [3.63, 3.8) is 0 Å². The van der Waals surface area contributed by atoms with Crippen molar-refractivity contribution < 1.29 is 23.4 Å². The van der Waals surface area contributed by atoms with E-state index < -0.39 is 0 Å². The highest BCUT2D eigenvalue weighted by atomic mass is 32.2. The predicted octanol–water partition coefficient (Wildman–Crippen LogP) is 3.20. The fourth-order valence-corrected chi connectivity index (χ4v) is 4.24. The third-order valence-electron chi connectivity index (χ3n) is 5.43. The Bertz CT molecular complexity index is 1080. The van der Waals surface area contributed by atoms with Gasteiger partial charge < -0.3 is 28.4 Å². The van der Waals surface area contributed by atoms with E-state index >= 15 is 0 Å². The largest absolute Gasteiger partial charge is 0.497 e. The molecule has 1 aromatic heterocycles. The molecule has 0 bridgehead atoms. The molecule has 174 valence electrons. The SMILES string of the molecule is COc1ccc(N2CCN(C(=O)CSc3nnc(-c4ccc(OC)c(OC)c4)o3)CC2)cc1. The lowest BCUT2D eigenvalue weighted by molar-refractivity contribution is -0.128. The van der Waals surface area contributed by atoms with Gasteiger partial charge in [0.05, 0.1) is 27.1 Å². The first-order valence-electron chi connectivity index (χ1n) is 10.5. The van der Waals surface area contributed by atoms with Gasteiger partial charge in [-0.2, -0.15) is 0 Å². The van der Waals surface area contributed by atoms with Crippen LogP contribution in [0.1, 0.15) is 0 Å². The molecule has 1 fully saturated rings. The molecule has 1 saturated heterocycles. The van der Waals surface area contributed by atoms with E-state index in [0.29, 0.717) is 41.3 Å². The van der Waals surface area contributed by atoms with E-state index in [4.69, 9.17) is 18.6 Å². The van der Waals surface area contributed by atoms with Gasteiger partial charge in [-0.25, -0.2) is 0 Å². The quantitative estimate of drug-likeness (QED) is 0.460. The van der Waals surface area contributed by atoms with E-state index in [0.717, 1.165) is 24.5 Å². The number of nitrogens with zero attached hydrogens (tertiary/aromatic N) is 4. The van der Waals surface area contributed by atoms with Crippen LogP contribution in [0, 0.1) is 0 Å². The van der Waals surface area contributed by atoms with Crippen molar-refractivity contribution in [1.29, 1.82) is 0 Å². The molecule has 0 unspecified atom stereocenters. The molecule has 0 spiro atoms. The Kier molecular flexibility index (Phi) is 7.23. The lowest BCUT2D eigenvalue weighted by atomic mass is 10.2. The van der Waals surface area contributed by atoms with Crippen LogP contribution in [0.5, 0.6) is 17.2 Å². The summed E-state index contributed by atoms with van der Waals surface area (Å²) in [5.74, 6) is 2.69. The lowest BCUT2D eigenvalue weighted by Gasteiger charge is -2.36. The summed E-state index contributed by atoms with van der Waals surface area (Å²) in [4.78, 5) is 16.8. The number of methoxy groups -OCH3 is 3. The van der Waals surface area contributed by atoms with Crippen LogP contribution >= 0.6 is 11.8 Å².